The third-order valence-electron chi connectivity index (χ3n) is 2.39. The molecular weight excluding hydrogens is 375 g/mol. The molecule has 0 aliphatic rings. The Morgan fingerprint density at radius 1 is 1.05 bits per heavy atom. The summed E-state index contributed by atoms with van der Waals surface area (Å²) in [6.07, 6.45) is 0.672. The summed E-state index contributed by atoms with van der Waals surface area (Å²) in [5.74, 6) is -0.693. The summed E-state index contributed by atoms with van der Waals surface area (Å²) in [5, 5.41) is 0. The number of rotatable bonds is 8. The van der Waals surface area contributed by atoms with E-state index < -0.39 is 0 Å². The number of hydrogen-bond donors (Lipinski definition) is 0. The quantitative estimate of drug-likeness (QED) is 0.386. The normalized spacial score (nSPS) is 10.1. The first-order valence-corrected chi connectivity index (χ1v) is 7.28. The van der Waals surface area contributed by atoms with Crippen LogP contribution in [-0.4, -0.2) is 38.9 Å². The Balaban J connectivity index is 2.16. The number of hydrogen-bond acceptors (Lipinski definition) is 5. The lowest BCUT2D eigenvalue weighted by atomic mass is 10.2. The molecule has 0 bridgehead atoms. The molecule has 0 heterocycles. The van der Waals surface area contributed by atoms with Crippen molar-refractivity contribution in [2.45, 2.75) is 12.8 Å². The summed E-state index contributed by atoms with van der Waals surface area (Å²) >= 11 is 2.16. The molecule has 0 fully saturated rings. The summed E-state index contributed by atoms with van der Waals surface area (Å²) in [6.45, 7) is 0.829. The van der Waals surface area contributed by atoms with Gasteiger partial charge < -0.3 is 14.2 Å². The Labute approximate surface area is 131 Å². The highest BCUT2D eigenvalue weighted by molar-refractivity contribution is 14.1. The fraction of sp³-hybridized carbons (Fsp3) is 0.429. The zero-order valence-corrected chi connectivity index (χ0v) is 13.4. The van der Waals surface area contributed by atoms with Crippen LogP contribution in [0.4, 0.5) is 0 Å². The monoisotopic (exact) mass is 392 g/mol. The number of esters is 2. The molecule has 20 heavy (non-hydrogen) atoms. The smallest absolute Gasteiger partial charge is 0.338 e. The lowest BCUT2D eigenvalue weighted by molar-refractivity contribution is -0.145. The maximum absolute atomic E-state index is 11.7. The van der Waals surface area contributed by atoms with Crippen LogP contribution in [0.1, 0.15) is 23.2 Å². The van der Waals surface area contributed by atoms with Crippen LogP contribution in [0.5, 0.6) is 0 Å². The van der Waals surface area contributed by atoms with Gasteiger partial charge in [0, 0.05) is 17.1 Å². The standard InChI is InChI=1S/C14H17IO5/c1-18-9-10-19-13(16)3-2-8-20-14(17)11-4-6-12(15)7-5-11/h4-7H,2-3,8-10H2,1H3. The predicted molar refractivity (Wildman–Crippen MR) is 81.5 cm³/mol. The second kappa shape index (κ2) is 9.71. The number of benzene rings is 1. The van der Waals surface area contributed by atoms with Crippen molar-refractivity contribution in [3.63, 3.8) is 0 Å². The molecule has 0 radical (unpaired) electrons. The van der Waals surface area contributed by atoms with Gasteiger partial charge in [0.1, 0.15) is 6.61 Å². The average molecular weight is 392 g/mol. The molecule has 0 amide bonds. The maximum Gasteiger partial charge on any atom is 0.338 e. The van der Waals surface area contributed by atoms with Crippen LogP contribution in [0.15, 0.2) is 24.3 Å². The van der Waals surface area contributed by atoms with Crippen LogP contribution in [0.2, 0.25) is 0 Å². The molecule has 1 rings (SSSR count). The summed E-state index contributed by atoms with van der Waals surface area (Å²) in [7, 11) is 1.54. The Kier molecular flexibility index (Phi) is 8.20. The summed E-state index contributed by atoms with van der Waals surface area (Å²) in [6, 6.07) is 7.10. The number of methoxy groups -OCH3 is 1. The van der Waals surface area contributed by atoms with E-state index in [0.29, 0.717) is 18.6 Å². The van der Waals surface area contributed by atoms with Crippen molar-refractivity contribution in [1.29, 1.82) is 0 Å². The fourth-order valence-corrected chi connectivity index (χ4v) is 1.72. The van der Waals surface area contributed by atoms with Gasteiger partial charge in [0.05, 0.1) is 18.8 Å². The number of carbonyl (C=O) groups is 2. The number of ether oxygens (including phenoxy) is 3. The average Bonchev–Trinajstić information content (AvgIpc) is 2.44. The molecule has 0 spiro atoms. The van der Waals surface area contributed by atoms with Gasteiger partial charge in [0.15, 0.2) is 0 Å². The van der Waals surface area contributed by atoms with Crippen LogP contribution in [0.25, 0.3) is 0 Å². The van der Waals surface area contributed by atoms with Crippen molar-refractivity contribution in [2.24, 2.45) is 0 Å². The highest BCUT2D eigenvalue weighted by Crippen LogP contribution is 2.08. The van der Waals surface area contributed by atoms with Gasteiger partial charge in [-0.3, -0.25) is 4.79 Å². The lowest BCUT2D eigenvalue weighted by Crippen LogP contribution is -2.11. The molecule has 0 aliphatic carbocycles. The van der Waals surface area contributed by atoms with Crippen LogP contribution >= 0.6 is 22.6 Å². The van der Waals surface area contributed by atoms with Crippen molar-refractivity contribution in [1.82, 2.24) is 0 Å². The van der Waals surface area contributed by atoms with Gasteiger partial charge in [0.2, 0.25) is 0 Å². The molecule has 0 saturated heterocycles. The Hall–Kier alpha value is -1.15. The van der Waals surface area contributed by atoms with Gasteiger partial charge >= 0.3 is 11.9 Å². The molecule has 0 aliphatic heterocycles. The summed E-state index contributed by atoms with van der Waals surface area (Å²) in [4.78, 5) is 22.9. The Morgan fingerprint density at radius 2 is 1.75 bits per heavy atom. The largest absolute Gasteiger partial charge is 0.463 e. The van der Waals surface area contributed by atoms with Crippen molar-refractivity contribution in [2.75, 3.05) is 26.9 Å². The van der Waals surface area contributed by atoms with E-state index in [1.807, 2.05) is 12.1 Å². The first kappa shape index (κ1) is 16.9. The molecule has 0 atom stereocenters. The maximum atomic E-state index is 11.7. The van der Waals surface area contributed by atoms with E-state index in [-0.39, 0.29) is 31.6 Å². The first-order valence-electron chi connectivity index (χ1n) is 6.20. The Bertz CT molecular complexity index is 430. The molecule has 0 saturated carbocycles. The number of carbonyl (C=O) groups excluding carboxylic acids is 2. The van der Waals surface area contributed by atoms with Gasteiger partial charge in [-0.2, -0.15) is 0 Å². The molecule has 0 unspecified atom stereocenters. The van der Waals surface area contributed by atoms with E-state index in [9.17, 15) is 9.59 Å². The van der Waals surface area contributed by atoms with E-state index in [4.69, 9.17) is 14.2 Å². The molecule has 5 nitrogen and oxygen atoms in total. The predicted octanol–water partition coefficient (Wildman–Crippen LogP) is 2.42. The van der Waals surface area contributed by atoms with Crippen molar-refractivity contribution in [3.8, 4) is 0 Å². The van der Waals surface area contributed by atoms with E-state index in [1.54, 1.807) is 12.1 Å². The van der Waals surface area contributed by atoms with E-state index in [0.717, 1.165) is 3.57 Å². The van der Waals surface area contributed by atoms with Crippen molar-refractivity contribution in [3.05, 3.63) is 33.4 Å². The zero-order chi connectivity index (χ0) is 14.8. The SMILES string of the molecule is COCCOC(=O)CCCOC(=O)c1ccc(I)cc1. The van der Waals surface area contributed by atoms with Crippen LogP contribution in [0.3, 0.4) is 0 Å². The van der Waals surface area contributed by atoms with Crippen molar-refractivity contribution < 1.29 is 23.8 Å². The van der Waals surface area contributed by atoms with Crippen LogP contribution < -0.4 is 0 Å². The summed E-state index contributed by atoms with van der Waals surface area (Å²) in [5.41, 5.74) is 0.507. The highest BCUT2D eigenvalue weighted by Gasteiger charge is 2.07. The topological polar surface area (TPSA) is 61.8 Å². The molecule has 110 valence electrons. The molecule has 1 aromatic carbocycles. The van der Waals surface area contributed by atoms with Crippen LogP contribution in [0, 0.1) is 3.57 Å². The van der Waals surface area contributed by atoms with E-state index >= 15 is 0 Å². The molecule has 6 heteroatoms. The molecule has 1 aromatic rings. The van der Waals surface area contributed by atoms with E-state index in [1.165, 1.54) is 7.11 Å². The van der Waals surface area contributed by atoms with Gasteiger partial charge in [-0.05, 0) is 53.3 Å². The molecule has 0 N–H and O–H groups in total. The second-order valence-corrected chi connectivity index (χ2v) is 5.21. The first-order chi connectivity index (χ1) is 9.63. The molecular formula is C14H17IO5. The van der Waals surface area contributed by atoms with Gasteiger partial charge in [0.25, 0.3) is 0 Å². The summed E-state index contributed by atoms with van der Waals surface area (Å²) < 4.78 is 15.8. The minimum atomic E-state index is -0.380. The molecule has 0 aromatic heterocycles. The minimum Gasteiger partial charge on any atom is -0.463 e. The highest BCUT2D eigenvalue weighted by atomic mass is 127. The fourth-order valence-electron chi connectivity index (χ4n) is 1.36. The van der Waals surface area contributed by atoms with Gasteiger partial charge in [-0.1, -0.05) is 0 Å². The lowest BCUT2D eigenvalue weighted by Gasteiger charge is -2.06. The van der Waals surface area contributed by atoms with Gasteiger partial charge in [-0.25, -0.2) is 4.79 Å². The Morgan fingerprint density at radius 3 is 2.40 bits per heavy atom. The second-order valence-electron chi connectivity index (χ2n) is 3.96. The van der Waals surface area contributed by atoms with Crippen LogP contribution in [-0.2, 0) is 19.0 Å². The van der Waals surface area contributed by atoms with Crippen molar-refractivity contribution >= 4 is 34.5 Å². The van der Waals surface area contributed by atoms with E-state index in [2.05, 4.69) is 22.6 Å². The van der Waals surface area contributed by atoms with Gasteiger partial charge in [-0.15, -0.1) is 0 Å². The third-order valence-corrected chi connectivity index (χ3v) is 3.11. The zero-order valence-electron chi connectivity index (χ0n) is 11.3. The third kappa shape index (κ3) is 6.85. The number of halogens is 1. The minimum absolute atomic E-state index is 0.199.